The minimum Gasteiger partial charge on any atom is -0.478 e. The number of carbonyl (C=O) groups is 1. The molecule has 0 amide bonds. The van der Waals surface area contributed by atoms with Crippen LogP contribution in [-0.2, 0) is 21.2 Å². The molecule has 0 atom stereocenters. The Kier molecular flexibility index (Phi) is 4.74. The number of sulfone groups is 1. The van der Waals surface area contributed by atoms with E-state index in [1.54, 1.807) is 12.1 Å². The zero-order valence-electron chi connectivity index (χ0n) is 11.3. The highest BCUT2D eigenvalue weighted by molar-refractivity contribution is 7.91. The summed E-state index contributed by atoms with van der Waals surface area (Å²) in [6.07, 6.45) is 2.27. The molecule has 114 valence electrons. The van der Waals surface area contributed by atoms with Crippen molar-refractivity contribution in [3.05, 3.63) is 41.2 Å². The molecule has 1 heterocycles. The molecule has 1 N–H and O–H groups in total. The van der Waals surface area contributed by atoms with E-state index in [1.165, 1.54) is 12.1 Å². The fourth-order valence-electron chi connectivity index (χ4n) is 2.11. The summed E-state index contributed by atoms with van der Waals surface area (Å²) in [6, 6.07) is 4.51. The summed E-state index contributed by atoms with van der Waals surface area (Å²) in [5.41, 5.74) is 0.946. The van der Waals surface area contributed by atoms with Crippen molar-refractivity contribution in [1.29, 1.82) is 0 Å². The van der Waals surface area contributed by atoms with E-state index in [4.69, 9.17) is 5.11 Å². The molecule has 0 unspecified atom stereocenters. The van der Waals surface area contributed by atoms with Gasteiger partial charge in [0.05, 0.1) is 11.5 Å². The number of carboxylic acids is 1. The van der Waals surface area contributed by atoms with Gasteiger partial charge in [0.2, 0.25) is 0 Å². The topological polar surface area (TPSA) is 74.7 Å². The zero-order valence-corrected chi connectivity index (χ0v) is 12.1. The summed E-state index contributed by atoms with van der Waals surface area (Å²) < 4.78 is 36.6. The van der Waals surface area contributed by atoms with Gasteiger partial charge in [0.15, 0.2) is 9.84 Å². The van der Waals surface area contributed by atoms with Gasteiger partial charge >= 0.3 is 5.97 Å². The molecule has 0 aliphatic carbocycles. The van der Waals surface area contributed by atoms with Gasteiger partial charge in [0.25, 0.3) is 0 Å². The molecule has 0 spiro atoms. The number of rotatable bonds is 4. The molecular weight excluding hydrogens is 297 g/mol. The number of hydrogen-bond donors (Lipinski definition) is 1. The average molecular weight is 313 g/mol. The molecule has 5 nitrogen and oxygen atoms in total. The molecule has 0 aromatic heterocycles. The van der Waals surface area contributed by atoms with Crippen LogP contribution in [0, 0.1) is 5.82 Å². The normalized spacial score (nSPS) is 18.9. The summed E-state index contributed by atoms with van der Waals surface area (Å²) in [4.78, 5) is 12.3. The summed E-state index contributed by atoms with van der Waals surface area (Å²) in [7, 11) is -2.94. The predicted octanol–water partition coefficient (Wildman–Crippen LogP) is 1.15. The summed E-state index contributed by atoms with van der Waals surface area (Å²) in [5, 5.41) is 8.52. The van der Waals surface area contributed by atoms with Crippen molar-refractivity contribution >= 4 is 21.9 Å². The van der Waals surface area contributed by atoms with Crippen LogP contribution in [-0.4, -0.2) is 49.0 Å². The van der Waals surface area contributed by atoms with E-state index in [2.05, 4.69) is 0 Å². The quantitative estimate of drug-likeness (QED) is 0.844. The molecule has 7 heteroatoms. The molecule has 1 aromatic carbocycles. The lowest BCUT2D eigenvalue weighted by molar-refractivity contribution is -0.131. The number of nitrogens with zero attached hydrogens (tertiary/aromatic N) is 1. The number of hydrogen-bond acceptors (Lipinski definition) is 4. The second-order valence-corrected chi connectivity index (χ2v) is 7.25. The van der Waals surface area contributed by atoms with Gasteiger partial charge in [-0.3, -0.25) is 4.90 Å². The van der Waals surface area contributed by atoms with Gasteiger partial charge in [-0.1, -0.05) is 12.1 Å². The molecule has 1 fully saturated rings. The lowest BCUT2D eigenvalue weighted by Gasteiger charge is -2.26. The largest absolute Gasteiger partial charge is 0.478 e. The Balaban J connectivity index is 2.03. The van der Waals surface area contributed by atoms with Crippen molar-refractivity contribution in [3.63, 3.8) is 0 Å². The van der Waals surface area contributed by atoms with Crippen LogP contribution in [0.2, 0.25) is 0 Å². The van der Waals surface area contributed by atoms with Crippen LogP contribution in [0.4, 0.5) is 4.39 Å². The van der Waals surface area contributed by atoms with E-state index in [0.29, 0.717) is 30.8 Å². The van der Waals surface area contributed by atoms with Crippen LogP contribution < -0.4 is 0 Å². The van der Waals surface area contributed by atoms with Crippen LogP contribution in [0.15, 0.2) is 24.3 Å². The van der Waals surface area contributed by atoms with Gasteiger partial charge in [-0.2, -0.15) is 0 Å². The van der Waals surface area contributed by atoms with Crippen LogP contribution in [0.3, 0.4) is 0 Å². The molecule has 1 saturated heterocycles. The maximum Gasteiger partial charge on any atom is 0.328 e. The molecule has 0 radical (unpaired) electrons. The van der Waals surface area contributed by atoms with Crippen molar-refractivity contribution in [2.45, 2.75) is 6.54 Å². The van der Waals surface area contributed by atoms with Gasteiger partial charge in [-0.15, -0.1) is 0 Å². The second-order valence-electron chi connectivity index (χ2n) is 4.95. The van der Waals surface area contributed by atoms with E-state index in [-0.39, 0.29) is 11.5 Å². The van der Waals surface area contributed by atoms with Crippen LogP contribution in [0.1, 0.15) is 11.1 Å². The van der Waals surface area contributed by atoms with Crippen LogP contribution >= 0.6 is 0 Å². The lowest BCUT2D eigenvalue weighted by atomic mass is 10.1. The Morgan fingerprint density at radius 3 is 2.57 bits per heavy atom. The van der Waals surface area contributed by atoms with Gasteiger partial charge in [0.1, 0.15) is 5.82 Å². The Bertz CT molecular complexity index is 656. The smallest absolute Gasteiger partial charge is 0.328 e. The highest BCUT2D eigenvalue weighted by Gasteiger charge is 2.22. The minimum atomic E-state index is -2.94. The van der Waals surface area contributed by atoms with Crippen molar-refractivity contribution in [3.8, 4) is 0 Å². The maximum absolute atomic E-state index is 14.0. The molecule has 0 bridgehead atoms. The van der Waals surface area contributed by atoms with Crippen molar-refractivity contribution in [2.75, 3.05) is 24.6 Å². The Hall–Kier alpha value is -1.73. The average Bonchev–Trinajstić information content (AvgIpc) is 2.41. The predicted molar refractivity (Wildman–Crippen MR) is 77.0 cm³/mol. The van der Waals surface area contributed by atoms with Gasteiger partial charge < -0.3 is 5.11 Å². The Morgan fingerprint density at radius 2 is 2.00 bits per heavy atom. The minimum absolute atomic E-state index is 0.105. The van der Waals surface area contributed by atoms with E-state index in [1.807, 2.05) is 4.90 Å². The fraction of sp³-hybridized carbons (Fsp3) is 0.357. The molecule has 1 aliphatic heterocycles. The number of benzene rings is 1. The van der Waals surface area contributed by atoms with Crippen molar-refractivity contribution < 1.29 is 22.7 Å². The summed E-state index contributed by atoms with van der Waals surface area (Å²) in [6.45, 7) is 1.16. The first-order chi connectivity index (χ1) is 9.85. The van der Waals surface area contributed by atoms with E-state index in [0.717, 1.165) is 6.08 Å². The first kappa shape index (κ1) is 15.7. The third-order valence-corrected chi connectivity index (χ3v) is 4.94. The molecular formula is C14H16FNO4S. The number of halogens is 1. The second kappa shape index (κ2) is 6.36. The molecule has 1 aromatic rings. The molecule has 1 aliphatic rings. The first-order valence-corrected chi connectivity index (χ1v) is 8.30. The third-order valence-electron chi connectivity index (χ3n) is 3.33. The van der Waals surface area contributed by atoms with Crippen LogP contribution in [0.5, 0.6) is 0 Å². The molecule has 2 rings (SSSR count). The highest BCUT2D eigenvalue weighted by Crippen LogP contribution is 2.15. The molecule has 0 saturated carbocycles. The van der Waals surface area contributed by atoms with Crippen LogP contribution in [0.25, 0.3) is 6.08 Å². The van der Waals surface area contributed by atoms with Crippen molar-refractivity contribution in [1.82, 2.24) is 4.90 Å². The first-order valence-electron chi connectivity index (χ1n) is 6.48. The van der Waals surface area contributed by atoms with Gasteiger partial charge in [-0.05, 0) is 17.7 Å². The third kappa shape index (κ3) is 4.64. The maximum atomic E-state index is 14.0. The molecule has 21 heavy (non-hydrogen) atoms. The van der Waals surface area contributed by atoms with E-state index >= 15 is 0 Å². The van der Waals surface area contributed by atoms with Crippen molar-refractivity contribution in [2.24, 2.45) is 0 Å². The monoisotopic (exact) mass is 313 g/mol. The Morgan fingerprint density at radius 1 is 1.33 bits per heavy atom. The van der Waals surface area contributed by atoms with Gasteiger partial charge in [-0.25, -0.2) is 17.6 Å². The van der Waals surface area contributed by atoms with E-state index < -0.39 is 21.6 Å². The zero-order chi connectivity index (χ0) is 15.5. The lowest BCUT2D eigenvalue weighted by Crippen LogP contribution is -2.39. The number of carboxylic acid groups (broad SMARTS) is 1. The standard InChI is InChI=1S/C14H16FNO4S/c15-13-9-11(2-4-14(17)18)1-3-12(13)10-16-5-7-21(19,20)8-6-16/h1-4,9H,5-8,10H2,(H,17,18). The van der Waals surface area contributed by atoms with E-state index in [9.17, 15) is 17.6 Å². The summed E-state index contributed by atoms with van der Waals surface area (Å²) >= 11 is 0. The highest BCUT2D eigenvalue weighted by atomic mass is 32.2. The SMILES string of the molecule is O=C(O)C=Cc1ccc(CN2CCS(=O)(=O)CC2)c(F)c1. The summed E-state index contributed by atoms with van der Waals surface area (Å²) in [5.74, 6) is -1.30. The fourth-order valence-corrected chi connectivity index (χ4v) is 3.39. The van der Waals surface area contributed by atoms with Gasteiger partial charge in [0, 0.05) is 31.3 Å². The Labute approximate surface area is 122 Å². The number of aliphatic carboxylic acids is 1.